The lowest BCUT2D eigenvalue weighted by Crippen LogP contribution is -2.60. The van der Waals surface area contributed by atoms with Crippen LogP contribution in [-0.4, -0.2) is 42.0 Å². The van der Waals surface area contributed by atoms with Crippen LogP contribution in [0.5, 0.6) is 0 Å². The standard InChI is InChI=1S/C20H31N3O2/c1-4-6-14(2)23-12-16-7-5-8-17(13-23)20(16,25-3)15-9-10-22-18(11-15)19(21)24/h9-11,14,16-17H,4-8,12-13H2,1-3H3,(H2,21,24)/t14-,16-,17+,20+/m1/s1. The molecule has 1 aliphatic heterocycles. The number of ether oxygens (including phenoxy) is 1. The van der Waals surface area contributed by atoms with E-state index in [0.29, 0.717) is 23.6 Å². The molecule has 0 spiro atoms. The minimum absolute atomic E-state index is 0.326. The number of hydrogen-bond acceptors (Lipinski definition) is 4. The third-order valence-corrected chi connectivity index (χ3v) is 6.36. The molecule has 1 amide bonds. The maximum atomic E-state index is 11.6. The molecule has 2 aliphatic rings. The van der Waals surface area contributed by atoms with Gasteiger partial charge < -0.3 is 10.5 Å². The molecule has 2 fully saturated rings. The molecule has 5 nitrogen and oxygen atoms in total. The molecular weight excluding hydrogens is 314 g/mol. The molecule has 3 rings (SSSR count). The van der Waals surface area contributed by atoms with Crippen molar-refractivity contribution >= 4 is 5.91 Å². The fourth-order valence-electron chi connectivity index (χ4n) is 5.16. The number of fused-ring (bicyclic) bond motifs is 2. The maximum absolute atomic E-state index is 11.6. The molecule has 5 heteroatoms. The molecule has 138 valence electrons. The molecule has 1 aromatic rings. The molecule has 25 heavy (non-hydrogen) atoms. The number of likely N-dealkylation sites (tertiary alicyclic amines) is 1. The van der Waals surface area contributed by atoms with Crippen molar-refractivity contribution in [2.24, 2.45) is 17.6 Å². The van der Waals surface area contributed by atoms with Crippen molar-refractivity contribution in [1.82, 2.24) is 9.88 Å². The summed E-state index contributed by atoms with van der Waals surface area (Å²) in [6.45, 7) is 6.71. The van der Waals surface area contributed by atoms with Gasteiger partial charge in [0.05, 0.1) is 0 Å². The van der Waals surface area contributed by atoms with E-state index in [2.05, 4.69) is 23.7 Å². The van der Waals surface area contributed by atoms with Crippen LogP contribution in [0.1, 0.15) is 62.0 Å². The maximum Gasteiger partial charge on any atom is 0.267 e. The summed E-state index contributed by atoms with van der Waals surface area (Å²) in [5.74, 6) is 0.395. The molecule has 2 heterocycles. The number of carbonyl (C=O) groups excluding carboxylic acids is 1. The first kappa shape index (κ1) is 18.3. The summed E-state index contributed by atoms with van der Waals surface area (Å²) in [4.78, 5) is 18.4. The van der Waals surface area contributed by atoms with Crippen LogP contribution in [0, 0.1) is 11.8 Å². The number of rotatable bonds is 6. The van der Waals surface area contributed by atoms with Gasteiger partial charge in [-0.05, 0) is 43.9 Å². The van der Waals surface area contributed by atoms with Crippen LogP contribution in [0.3, 0.4) is 0 Å². The highest BCUT2D eigenvalue weighted by molar-refractivity contribution is 5.90. The van der Waals surface area contributed by atoms with Gasteiger partial charge in [0.1, 0.15) is 11.3 Å². The second-order valence-electron chi connectivity index (χ2n) is 7.71. The highest BCUT2D eigenvalue weighted by Crippen LogP contribution is 2.51. The Balaban J connectivity index is 1.96. The van der Waals surface area contributed by atoms with Crippen LogP contribution < -0.4 is 5.73 Å². The Hall–Kier alpha value is -1.46. The summed E-state index contributed by atoms with van der Waals surface area (Å²) in [7, 11) is 1.82. The van der Waals surface area contributed by atoms with Gasteiger partial charge in [0.25, 0.3) is 5.91 Å². The van der Waals surface area contributed by atoms with E-state index in [1.165, 1.54) is 19.3 Å². The lowest BCUT2D eigenvalue weighted by Gasteiger charge is -2.56. The number of nitrogens with two attached hydrogens (primary N) is 1. The third-order valence-electron chi connectivity index (χ3n) is 6.36. The van der Waals surface area contributed by atoms with Crippen molar-refractivity contribution in [2.45, 2.75) is 57.6 Å². The zero-order valence-electron chi connectivity index (χ0n) is 15.7. The molecule has 0 unspecified atom stereocenters. The number of piperidine rings is 1. The average molecular weight is 345 g/mol. The summed E-state index contributed by atoms with van der Waals surface area (Å²) in [5.41, 5.74) is 6.53. The number of amides is 1. The quantitative estimate of drug-likeness (QED) is 0.861. The van der Waals surface area contributed by atoms with Crippen LogP contribution in [0.25, 0.3) is 0 Å². The second kappa shape index (κ2) is 7.42. The van der Waals surface area contributed by atoms with Gasteiger partial charge in [-0.3, -0.25) is 14.7 Å². The Kier molecular flexibility index (Phi) is 5.44. The van der Waals surface area contributed by atoms with Gasteiger partial charge in [0.15, 0.2) is 0 Å². The summed E-state index contributed by atoms with van der Waals surface area (Å²) >= 11 is 0. The molecule has 1 aromatic heterocycles. The summed E-state index contributed by atoms with van der Waals surface area (Å²) in [5, 5.41) is 0. The number of pyridine rings is 1. The Morgan fingerprint density at radius 2 is 2.12 bits per heavy atom. The van der Waals surface area contributed by atoms with Gasteiger partial charge in [-0.2, -0.15) is 0 Å². The number of carbonyl (C=O) groups is 1. The first-order valence-electron chi connectivity index (χ1n) is 9.58. The number of primary amides is 1. The smallest absolute Gasteiger partial charge is 0.267 e. The lowest BCUT2D eigenvalue weighted by molar-refractivity contribution is -0.173. The summed E-state index contributed by atoms with van der Waals surface area (Å²) < 4.78 is 6.25. The van der Waals surface area contributed by atoms with Crippen LogP contribution >= 0.6 is 0 Å². The monoisotopic (exact) mass is 345 g/mol. The zero-order chi connectivity index (χ0) is 18.0. The van der Waals surface area contributed by atoms with Crippen molar-refractivity contribution in [3.8, 4) is 0 Å². The number of aromatic nitrogens is 1. The van der Waals surface area contributed by atoms with Crippen molar-refractivity contribution in [3.63, 3.8) is 0 Å². The normalized spacial score (nSPS) is 30.8. The SMILES string of the molecule is CCC[C@@H](C)N1C[C@H]2CCC[C@@H](C1)[C@]2(OC)c1ccnc(C(N)=O)c1. The Morgan fingerprint density at radius 3 is 2.68 bits per heavy atom. The molecule has 1 saturated carbocycles. The molecule has 1 saturated heterocycles. The minimum atomic E-state index is -0.479. The van der Waals surface area contributed by atoms with Crippen LogP contribution in [-0.2, 0) is 10.3 Å². The molecule has 2 bridgehead atoms. The summed E-state index contributed by atoms with van der Waals surface area (Å²) in [6, 6.07) is 4.47. The van der Waals surface area contributed by atoms with E-state index in [-0.39, 0.29) is 5.60 Å². The first-order valence-corrected chi connectivity index (χ1v) is 9.58. The van der Waals surface area contributed by atoms with Gasteiger partial charge >= 0.3 is 0 Å². The third kappa shape index (κ3) is 3.20. The fourth-order valence-corrected chi connectivity index (χ4v) is 5.16. The van der Waals surface area contributed by atoms with Crippen molar-refractivity contribution in [2.75, 3.05) is 20.2 Å². The van der Waals surface area contributed by atoms with Crippen molar-refractivity contribution in [3.05, 3.63) is 29.6 Å². The Bertz CT molecular complexity index is 605. The summed E-state index contributed by atoms with van der Waals surface area (Å²) in [6.07, 6.45) is 7.72. The molecule has 2 N–H and O–H groups in total. The molecule has 1 aliphatic carbocycles. The number of hydrogen-bond donors (Lipinski definition) is 1. The molecule has 4 atom stereocenters. The molecule has 0 radical (unpaired) electrons. The van der Waals surface area contributed by atoms with Crippen molar-refractivity contribution in [1.29, 1.82) is 0 Å². The Morgan fingerprint density at radius 1 is 1.44 bits per heavy atom. The molecule has 0 aromatic carbocycles. The van der Waals surface area contributed by atoms with E-state index < -0.39 is 5.91 Å². The van der Waals surface area contributed by atoms with Gasteiger partial charge in [0, 0.05) is 44.3 Å². The highest BCUT2D eigenvalue weighted by atomic mass is 16.5. The Labute approximate surface area is 150 Å². The first-order chi connectivity index (χ1) is 12.0. The van der Waals surface area contributed by atoms with Gasteiger partial charge in [-0.15, -0.1) is 0 Å². The predicted octanol–water partition coefficient (Wildman–Crippen LogP) is 2.94. The number of nitrogens with zero attached hydrogens (tertiary/aromatic N) is 2. The van der Waals surface area contributed by atoms with Gasteiger partial charge in [0.2, 0.25) is 0 Å². The van der Waals surface area contributed by atoms with E-state index >= 15 is 0 Å². The highest BCUT2D eigenvalue weighted by Gasteiger charge is 2.53. The van der Waals surface area contributed by atoms with E-state index in [0.717, 1.165) is 31.5 Å². The van der Waals surface area contributed by atoms with Crippen LogP contribution in [0.4, 0.5) is 0 Å². The van der Waals surface area contributed by atoms with E-state index in [1.54, 1.807) is 6.20 Å². The largest absolute Gasteiger partial charge is 0.373 e. The van der Waals surface area contributed by atoms with Gasteiger partial charge in [-0.1, -0.05) is 19.8 Å². The van der Waals surface area contributed by atoms with Crippen LogP contribution in [0.15, 0.2) is 18.3 Å². The fraction of sp³-hybridized carbons (Fsp3) is 0.700. The van der Waals surface area contributed by atoms with Crippen molar-refractivity contribution < 1.29 is 9.53 Å². The number of methoxy groups -OCH3 is 1. The van der Waals surface area contributed by atoms with E-state index in [9.17, 15) is 4.79 Å². The lowest BCUT2D eigenvalue weighted by atomic mass is 9.62. The molecular formula is C20H31N3O2. The average Bonchev–Trinajstić information content (AvgIpc) is 2.60. The van der Waals surface area contributed by atoms with E-state index in [4.69, 9.17) is 10.5 Å². The van der Waals surface area contributed by atoms with Crippen LogP contribution in [0.2, 0.25) is 0 Å². The predicted molar refractivity (Wildman–Crippen MR) is 98.2 cm³/mol. The van der Waals surface area contributed by atoms with E-state index in [1.807, 2.05) is 19.2 Å². The second-order valence-corrected chi connectivity index (χ2v) is 7.71. The van der Waals surface area contributed by atoms with Gasteiger partial charge in [-0.25, -0.2) is 0 Å². The minimum Gasteiger partial charge on any atom is -0.373 e. The zero-order valence-corrected chi connectivity index (χ0v) is 15.7. The topological polar surface area (TPSA) is 68.4 Å².